The van der Waals surface area contributed by atoms with Crippen molar-refractivity contribution in [2.45, 2.75) is 31.0 Å². The SMILES string of the molecule is NCCCC[C@](N)(C=O)C(N)N. The zero-order chi connectivity index (χ0) is 9.61. The van der Waals surface area contributed by atoms with Gasteiger partial charge in [-0.3, -0.25) is 0 Å². The minimum absolute atomic E-state index is 0.491. The molecule has 0 aromatic heterocycles. The van der Waals surface area contributed by atoms with E-state index in [4.69, 9.17) is 22.9 Å². The summed E-state index contributed by atoms with van der Waals surface area (Å²) in [4.78, 5) is 10.5. The predicted octanol–water partition coefficient (Wildman–Crippen LogP) is -1.74. The maximum Gasteiger partial charge on any atom is 0.142 e. The molecule has 0 rings (SSSR count). The van der Waals surface area contributed by atoms with Crippen LogP contribution in [0, 0.1) is 0 Å². The van der Waals surface area contributed by atoms with Crippen molar-refractivity contribution >= 4 is 6.29 Å². The molecule has 0 fully saturated rings. The van der Waals surface area contributed by atoms with Crippen LogP contribution in [0.4, 0.5) is 0 Å². The zero-order valence-electron chi connectivity index (χ0n) is 7.20. The molecule has 5 heteroatoms. The highest BCUT2D eigenvalue weighted by Gasteiger charge is 2.28. The van der Waals surface area contributed by atoms with E-state index in [9.17, 15) is 4.79 Å². The first-order valence-electron chi connectivity index (χ1n) is 4.03. The molecule has 72 valence electrons. The molecule has 1 atom stereocenters. The fourth-order valence-corrected chi connectivity index (χ4v) is 0.880. The highest BCUT2D eigenvalue weighted by atomic mass is 16.1. The van der Waals surface area contributed by atoms with Gasteiger partial charge in [0.2, 0.25) is 0 Å². The van der Waals surface area contributed by atoms with Crippen molar-refractivity contribution in [2.75, 3.05) is 6.54 Å². The molecule has 0 saturated carbocycles. The van der Waals surface area contributed by atoms with E-state index in [-0.39, 0.29) is 0 Å². The van der Waals surface area contributed by atoms with Crippen LogP contribution in [0.1, 0.15) is 19.3 Å². The Bertz CT molecular complexity index is 139. The van der Waals surface area contributed by atoms with Crippen molar-refractivity contribution in [3.63, 3.8) is 0 Å². The molecule has 0 aromatic carbocycles. The quantitative estimate of drug-likeness (QED) is 0.216. The summed E-state index contributed by atoms with van der Waals surface area (Å²) >= 11 is 0. The standard InChI is InChI=1S/C7H18N4O/c8-4-2-1-3-7(11,5-12)6(9)10/h5-6H,1-4,8-11H2/t7-/m0/s1. The molecule has 0 aliphatic heterocycles. The number of hydrogen-bond donors (Lipinski definition) is 4. The van der Waals surface area contributed by atoms with Gasteiger partial charge >= 0.3 is 0 Å². The zero-order valence-corrected chi connectivity index (χ0v) is 7.20. The van der Waals surface area contributed by atoms with Crippen LogP contribution in [0.3, 0.4) is 0 Å². The van der Waals surface area contributed by atoms with Gasteiger partial charge in [-0.2, -0.15) is 0 Å². The predicted molar refractivity (Wildman–Crippen MR) is 48.1 cm³/mol. The molecule has 0 aromatic rings. The van der Waals surface area contributed by atoms with Gasteiger partial charge in [0.15, 0.2) is 0 Å². The summed E-state index contributed by atoms with van der Waals surface area (Å²) in [5.41, 5.74) is 20.5. The summed E-state index contributed by atoms with van der Waals surface area (Å²) in [6.45, 7) is 0.592. The minimum Gasteiger partial charge on any atom is -0.330 e. The Kier molecular flexibility index (Phi) is 5.00. The van der Waals surface area contributed by atoms with Crippen molar-refractivity contribution in [3.05, 3.63) is 0 Å². The Morgan fingerprint density at radius 1 is 1.33 bits per heavy atom. The molecule has 0 bridgehead atoms. The van der Waals surface area contributed by atoms with Gasteiger partial charge in [0.05, 0.1) is 6.17 Å². The number of carbonyl (C=O) groups excluding carboxylic acids is 1. The Hall–Kier alpha value is -0.490. The van der Waals surface area contributed by atoms with Gasteiger partial charge < -0.3 is 27.7 Å². The second-order valence-corrected chi connectivity index (χ2v) is 3.00. The second kappa shape index (κ2) is 5.21. The Balaban J connectivity index is 3.88. The van der Waals surface area contributed by atoms with E-state index in [1.165, 1.54) is 0 Å². The third kappa shape index (κ3) is 3.27. The van der Waals surface area contributed by atoms with Crippen molar-refractivity contribution in [1.82, 2.24) is 0 Å². The Morgan fingerprint density at radius 3 is 2.25 bits per heavy atom. The van der Waals surface area contributed by atoms with E-state index >= 15 is 0 Å². The summed E-state index contributed by atoms with van der Waals surface area (Å²) < 4.78 is 0. The molecule has 12 heavy (non-hydrogen) atoms. The molecule has 0 unspecified atom stereocenters. The van der Waals surface area contributed by atoms with Gasteiger partial charge in [-0.15, -0.1) is 0 Å². The molecular formula is C7H18N4O. The van der Waals surface area contributed by atoms with Crippen LogP contribution in [-0.2, 0) is 4.79 Å². The maximum absolute atomic E-state index is 10.5. The number of unbranched alkanes of at least 4 members (excludes halogenated alkanes) is 1. The van der Waals surface area contributed by atoms with E-state index in [0.29, 0.717) is 19.3 Å². The van der Waals surface area contributed by atoms with Crippen LogP contribution in [0.15, 0.2) is 0 Å². The lowest BCUT2D eigenvalue weighted by Gasteiger charge is -2.26. The average Bonchev–Trinajstić information content (AvgIpc) is 2.04. The minimum atomic E-state index is -1.09. The summed E-state index contributed by atoms with van der Waals surface area (Å²) in [7, 11) is 0. The van der Waals surface area contributed by atoms with Gasteiger partial charge in [-0.1, -0.05) is 0 Å². The molecular weight excluding hydrogens is 156 g/mol. The highest BCUT2D eigenvalue weighted by Crippen LogP contribution is 2.09. The van der Waals surface area contributed by atoms with Crippen LogP contribution in [0.25, 0.3) is 0 Å². The van der Waals surface area contributed by atoms with Crippen LogP contribution < -0.4 is 22.9 Å². The van der Waals surface area contributed by atoms with Crippen molar-refractivity contribution in [3.8, 4) is 0 Å². The third-order valence-electron chi connectivity index (χ3n) is 1.90. The smallest absolute Gasteiger partial charge is 0.142 e. The fraction of sp³-hybridized carbons (Fsp3) is 0.857. The second-order valence-electron chi connectivity index (χ2n) is 3.00. The monoisotopic (exact) mass is 174 g/mol. The molecule has 8 N–H and O–H groups in total. The molecule has 0 aliphatic rings. The summed E-state index contributed by atoms with van der Waals surface area (Å²) in [6.07, 6.45) is 1.92. The first kappa shape index (κ1) is 11.5. The first-order chi connectivity index (χ1) is 5.56. The molecule has 0 saturated heterocycles. The number of carbonyl (C=O) groups is 1. The van der Waals surface area contributed by atoms with Crippen LogP contribution in [-0.4, -0.2) is 24.5 Å². The van der Waals surface area contributed by atoms with Gasteiger partial charge in [0, 0.05) is 0 Å². The third-order valence-corrected chi connectivity index (χ3v) is 1.90. The van der Waals surface area contributed by atoms with Crippen LogP contribution in [0.2, 0.25) is 0 Å². The van der Waals surface area contributed by atoms with E-state index in [2.05, 4.69) is 0 Å². The molecule has 5 nitrogen and oxygen atoms in total. The van der Waals surface area contributed by atoms with Crippen LogP contribution in [0.5, 0.6) is 0 Å². The summed E-state index contributed by atoms with van der Waals surface area (Å²) in [5.74, 6) is 0. The average molecular weight is 174 g/mol. The largest absolute Gasteiger partial charge is 0.330 e. The number of hydrogen-bond acceptors (Lipinski definition) is 5. The topological polar surface area (TPSA) is 121 Å². The van der Waals surface area contributed by atoms with Gasteiger partial charge in [-0.05, 0) is 25.8 Å². The maximum atomic E-state index is 10.5. The summed E-state index contributed by atoms with van der Waals surface area (Å²) in [6, 6.07) is 0. The lowest BCUT2D eigenvalue weighted by Crippen LogP contribution is -2.61. The van der Waals surface area contributed by atoms with Crippen molar-refractivity contribution < 1.29 is 4.79 Å². The lowest BCUT2D eigenvalue weighted by atomic mass is 9.92. The molecule has 0 heterocycles. The number of aldehydes is 1. The van der Waals surface area contributed by atoms with Crippen LogP contribution >= 0.6 is 0 Å². The van der Waals surface area contributed by atoms with Crippen molar-refractivity contribution in [2.24, 2.45) is 22.9 Å². The Labute approximate surface area is 72.4 Å². The van der Waals surface area contributed by atoms with E-state index in [0.717, 1.165) is 12.8 Å². The van der Waals surface area contributed by atoms with Gasteiger partial charge in [-0.25, -0.2) is 0 Å². The number of nitrogens with two attached hydrogens (primary N) is 4. The first-order valence-corrected chi connectivity index (χ1v) is 4.03. The molecule has 0 aliphatic carbocycles. The van der Waals surface area contributed by atoms with Gasteiger partial charge in [0.1, 0.15) is 11.8 Å². The van der Waals surface area contributed by atoms with E-state index < -0.39 is 11.7 Å². The van der Waals surface area contributed by atoms with Crippen molar-refractivity contribution in [1.29, 1.82) is 0 Å². The van der Waals surface area contributed by atoms with E-state index in [1.54, 1.807) is 0 Å². The Morgan fingerprint density at radius 2 is 1.92 bits per heavy atom. The summed E-state index contributed by atoms with van der Waals surface area (Å²) in [5, 5.41) is 0. The normalized spacial score (nSPS) is 16.1. The van der Waals surface area contributed by atoms with E-state index in [1.807, 2.05) is 0 Å². The van der Waals surface area contributed by atoms with Gasteiger partial charge in [0.25, 0.3) is 0 Å². The number of rotatable bonds is 6. The molecule has 0 spiro atoms. The lowest BCUT2D eigenvalue weighted by molar-refractivity contribution is -0.113. The highest BCUT2D eigenvalue weighted by molar-refractivity contribution is 5.65. The molecule has 0 radical (unpaired) electrons. The fourth-order valence-electron chi connectivity index (χ4n) is 0.880. The molecule has 0 amide bonds.